The maximum atomic E-state index is 2.29. The van der Waals surface area contributed by atoms with Crippen LogP contribution in [-0.4, -0.2) is 36.3 Å². The van der Waals surface area contributed by atoms with Crippen molar-refractivity contribution >= 4 is 12.9 Å². The van der Waals surface area contributed by atoms with Crippen LogP contribution in [0.2, 0.25) is 0 Å². The van der Waals surface area contributed by atoms with E-state index in [0.717, 1.165) is 13.1 Å². The summed E-state index contributed by atoms with van der Waals surface area (Å²) in [6.07, 6.45) is 0. The molecule has 0 heterocycles. The Morgan fingerprint density at radius 3 is 1.93 bits per heavy atom. The first-order valence-electron chi connectivity index (χ1n) is 4.50. The lowest BCUT2D eigenvalue weighted by atomic mass is 9.80. The van der Waals surface area contributed by atoms with Crippen LogP contribution in [0.25, 0.3) is 0 Å². The summed E-state index contributed by atoms with van der Waals surface area (Å²) in [4.78, 5) is 2.29. The summed E-state index contributed by atoms with van der Waals surface area (Å²) in [7, 11) is 2.19. The molecule has 0 atom stereocenters. The molecular weight excluding hydrogens is 177 g/mol. The zero-order valence-electron chi connectivity index (χ0n) is 8.83. The van der Waals surface area contributed by atoms with Gasteiger partial charge in [-0.2, -0.15) is 0 Å². The normalized spacial score (nSPS) is 8.79. The molecule has 0 spiro atoms. The van der Waals surface area contributed by atoms with Crippen LogP contribution < -0.4 is 5.46 Å². The molecule has 0 fully saturated rings. The van der Waals surface area contributed by atoms with Gasteiger partial charge in [-0.05, 0) is 13.1 Å². The van der Waals surface area contributed by atoms with Gasteiger partial charge in [-0.15, -0.1) is 0 Å². The van der Waals surface area contributed by atoms with E-state index in [9.17, 15) is 0 Å². The lowest BCUT2D eigenvalue weighted by Gasteiger charge is -2.16. The number of nitrogens with zero attached hydrogens (tertiary/aromatic N) is 1. The molecule has 0 bridgehead atoms. The van der Waals surface area contributed by atoms with Crippen molar-refractivity contribution < 1.29 is 11.0 Å². The Hall–Kier alpha value is -0.835. The largest absolute Gasteiger partial charge is 0.412 e. The lowest BCUT2D eigenvalue weighted by Crippen LogP contribution is -2.35. The highest BCUT2D eigenvalue weighted by Crippen LogP contribution is 1.86. The summed E-state index contributed by atoms with van der Waals surface area (Å²) in [6.45, 7) is 6.49. The predicted octanol–water partition coefficient (Wildman–Crippen LogP) is -0.377. The smallest absolute Gasteiger partial charge is 0.247 e. The minimum Gasteiger partial charge on any atom is -0.412 e. The van der Waals surface area contributed by atoms with Gasteiger partial charge in [0.25, 0.3) is 0 Å². The number of hydrogen-bond acceptors (Lipinski definition) is 1. The second kappa shape index (κ2) is 8.75. The summed E-state index contributed by atoms with van der Waals surface area (Å²) in [5.74, 6) is 0. The molecule has 4 heteroatoms. The van der Waals surface area contributed by atoms with Crippen molar-refractivity contribution in [1.82, 2.24) is 4.81 Å². The van der Waals surface area contributed by atoms with Gasteiger partial charge < -0.3 is 15.8 Å². The number of benzene rings is 1. The van der Waals surface area contributed by atoms with Gasteiger partial charge >= 0.3 is 0 Å². The third-order valence-corrected chi connectivity index (χ3v) is 1.94. The van der Waals surface area contributed by atoms with Gasteiger partial charge in [0.15, 0.2) is 0 Å². The van der Waals surface area contributed by atoms with Crippen molar-refractivity contribution in [2.75, 3.05) is 13.1 Å². The van der Waals surface area contributed by atoms with E-state index in [1.165, 1.54) is 5.46 Å². The van der Waals surface area contributed by atoms with Crippen LogP contribution in [0.15, 0.2) is 30.3 Å². The molecule has 1 aromatic rings. The molecular formula is C10H19BNO2. The third-order valence-electron chi connectivity index (χ3n) is 1.94. The molecule has 0 aliphatic heterocycles. The SMILES string of the molecule is CCN([B]c1ccccc1)CC.O.O. The van der Waals surface area contributed by atoms with E-state index in [1.54, 1.807) is 0 Å². The molecule has 3 nitrogen and oxygen atoms in total. The molecule has 0 saturated heterocycles. The minimum absolute atomic E-state index is 0. The van der Waals surface area contributed by atoms with Gasteiger partial charge in [0, 0.05) is 0 Å². The fraction of sp³-hybridized carbons (Fsp3) is 0.400. The molecule has 4 N–H and O–H groups in total. The fourth-order valence-electron chi connectivity index (χ4n) is 1.16. The summed E-state index contributed by atoms with van der Waals surface area (Å²) in [5, 5.41) is 0. The quantitative estimate of drug-likeness (QED) is 0.605. The predicted molar refractivity (Wildman–Crippen MR) is 62.0 cm³/mol. The molecule has 0 aliphatic rings. The van der Waals surface area contributed by atoms with Gasteiger partial charge in [-0.1, -0.05) is 49.6 Å². The first-order valence-corrected chi connectivity index (χ1v) is 4.50. The van der Waals surface area contributed by atoms with E-state index in [2.05, 4.69) is 50.3 Å². The molecule has 0 amide bonds. The maximum Gasteiger partial charge on any atom is 0.247 e. The van der Waals surface area contributed by atoms with E-state index in [4.69, 9.17) is 0 Å². The standard InChI is InChI=1S/C10H15BN.2H2O/c1-3-12(4-2)11-10-8-6-5-7-9-10;;/h5-9H,3-4H2,1-2H3;2*1H2. The van der Waals surface area contributed by atoms with E-state index in [1.807, 2.05) is 6.07 Å². The number of rotatable bonds is 4. The Balaban J connectivity index is 0. The Bertz CT molecular complexity index is 215. The molecule has 1 aromatic carbocycles. The fourth-order valence-corrected chi connectivity index (χ4v) is 1.16. The van der Waals surface area contributed by atoms with Crippen molar-refractivity contribution in [1.29, 1.82) is 0 Å². The van der Waals surface area contributed by atoms with Gasteiger partial charge in [0.1, 0.15) is 0 Å². The third kappa shape index (κ3) is 5.02. The van der Waals surface area contributed by atoms with Crippen molar-refractivity contribution in [3.8, 4) is 0 Å². The monoisotopic (exact) mass is 196 g/mol. The van der Waals surface area contributed by atoms with Gasteiger partial charge in [-0.25, -0.2) is 0 Å². The second-order valence-electron chi connectivity index (χ2n) is 2.76. The van der Waals surface area contributed by atoms with Crippen LogP contribution in [0.4, 0.5) is 0 Å². The highest BCUT2D eigenvalue weighted by molar-refractivity contribution is 6.50. The molecule has 0 unspecified atom stereocenters. The summed E-state index contributed by atoms with van der Waals surface area (Å²) in [6, 6.07) is 10.4. The zero-order chi connectivity index (χ0) is 8.81. The topological polar surface area (TPSA) is 66.2 Å². The number of hydrogen-bond donors (Lipinski definition) is 0. The summed E-state index contributed by atoms with van der Waals surface area (Å²) in [5.41, 5.74) is 1.28. The first kappa shape index (κ1) is 15.6. The van der Waals surface area contributed by atoms with E-state index < -0.39 is 0 Å². The summed E-state index contributed by atoms with van der Waals surface area (Å²) >= 11 is 0. The van der Waals surface area contributed by atoms with Crippen molar-refractivity contribution in [2.24, 2.45) is 0 Å². The van der Waals surface area contributed by atoms with Crippen LogP contribution in [0.1, 0.15) is 13.8 Å². The average Bonchev–Trinajstić information content (AvgIpc) is 2.16. The van der Waals surface area contributed by atoms with Gasteiger partial charge in [0.2, 0.25) is 7.41 Å². The Kier molecular flexibility index (Phi) is 9.77. The zero-order valence-corrected chi connectivity index (χ0v) is 8.83. The van der Waals surface area contributed by atoms with Crippen molar-refractivity contribution in [2.45, 2.75) is 13.8 Å². The van der Waals surface area contributed by atoms with Crippen LogP contribution in [-0.2, 0) is 0 Å². The van der Waals surface area contributed by atoms with Crippen molar-refractivity contribution in [3.63, 3.8) is 0 Å². The van der Waals surface area contributed by atoms with Crippen molar-refractivity contribution in [3.05, 3.63) is 30.3 Å². The van der Waals surface area contributed by atoms with Crippen LogP contribution in [0, 0.1) is 0 Å². The minimum atomic E-state index is 0. The second-order valence-corrected chi connectivity index (χ2v) is 2.76. The molecule has 1 rings (SSSR count). The lowest BCUT2D eigenvalue weighted by molar-refractivity contribution is 0.498. The Morgan fingerprint density at radius 1 is 1.00 bits per heavy atom. The molecule has 14 heavy (non-hydrogen) atoms. The van der Waals surface area contributed by atoms with E-state index in [0.29, 0.717) is 0 Å². The van der Waals surface area contributed by atoms with Crippen LogP contribution >= 0.6 is 0 Å². The van der Waals surface area contributed by atoms with Gasteiger partial charge in [0.05, 0.1) is 0 Å². The molecule has 1 radical (unpaired) electrons. The average molecular weight is 196 g/mol. The van der Waals surface area contributed by atoms with Gasteiger partial charge in [-0.3, -0.25) is 0 Å². The molecule has 0 aliphatic carbocycles. The molecule has 0 aromatic heterocycles. The van der Waals surface area contributed by atoms with E-state index >= 15 is 0 Å². The van der Waals surface area contributed by atoms with E-state index in [-0.39, 0.29) is 11.0 Å². The highest BCUT2D eigenvalue weighted by atomic mass is 16.0. The van der Waals surface area contributed by atoms with Crippen LogP contribution in [0.5, 0.6) is 0 Å². The Labute approximate surface area is 86.6 Å². The maximum absolute atomic E-state index is 2.29. The van der Waals surface area contributed by atoms with Crippen LogP contribution in [0.3, 0.4) is 0 Å². The molecule has 0 saturated carbocycles. The summed E-state index contributed by atoms with van der Waals surface area (Å²) < 4.78 is 0. The molecule has 79 valence electrons. The Morgan fingerprint density at radius 2 is 1.50 bits per heavy atom. The first-order chi connectivity index (χ1) is 5.86. The highest BCUT2D eigenvalue weighted by Gasteiger charge is 2.01.